The average Bonchev–Trinajstić information content (AvgIpc) is 2.86. The molecule has 0 N–H and O–H groups in total. The van der Waals surface area contributed by atoms with Gasteiger partial charge in [-0.15, -0.1) is 0 Å². The minimum atomic E-state index is -0.377. The maximum absolute atomic E-state index is 13.7. The molecule has 4 nitrogen and oxygen atoms in total. The molecule has 2 fully saturated rings. The van der Waals surface area contributed by atoms with E-state index in [9.17, 15) is 14.0 Å². The van der Waals surface area contributed by atoms with Gasteiger partial charge in [0.1, 0.15) is 5.82 Å². The van der Waals surface area contributed by atoms with Crippen molar-refractivity contribution in [2.75, 3.05) is 20.1 Å². The van der Waals surface area contributed by atoms with Gasteiger partial charge in [0, 0.05) is 26.6 Å². The summed E-state index contributed by atoms with van der Waals surface area (Å²) in [5, 5.41) is 0. The summed E-state index contributed by atoms with van der Waals surface area (Å²) in [6.07, 6.45) is 5.34. The summed E-state index contributed by atoms with van der Waals surface area (Å²) in [5.41, 5.74) is 0.707. The van der Waals surface area contributed by atoms with Crippen LogP contribution in [0, 0.1) is 11.7 Å². The molecule has 0 saturated carbocycles. The zero-order valence-electron chi connectivity index (χ0n) is 14.2. The molecule has 1 aromatic rings. The highest BCUT2D eigenvalue weighted by atomic mass is 19.1. The van der Waals surface area contributed by atoms with Gasteiger partial charge in [0.2, 0.25) is 11.8 Å². The van der Waals surface area contributed by atoms with Crippen LogP contribution < -0.4 is 0 Å². The van der Waals surface area contributed by atoms with Gasteiger partial charge in [-0.1, -0.05) is 25.0 Å². The fraction of sp³-hybridized carbons (Fsp3) is 0.579. The SMILES string of the molecule is CN1C(=O)CCC(C(=O)N2CCCCCC2)C1c1cccc(F)c1. The smallest absolute Gasteiger partial charge is 0.228 e. The molecule has 0 aromatic heterocycles. The van der Waals surface area contributed by atoms with Crippen LogP contribution in [-0.2, 0) is 9.59 Å². The van der Waals surface area contributed by atoms with E-state index < -0.39 is 0 Å². The van der Waals surface area contributed by atoms with Crippen LogP contribution >= 0.6 is 0 Å². The first-order valence-electron chi connectivity index (χ1n) is 8.88. The zero-order valence-corrected chi connectivity index (χ0v) is 14.2. The molecule has 0 radical (unpaired) electrons. The summed E-state index contributed by atoms with van der Waals surface area (Å²) >= 11 is 0. The Morgan fingerprint density at radius 2 is 1.88 bits per heavy atom. The standard InChI is InChI=1S/C19H25FN2O2/c1-21-17(23)10-9-16(18(21)14-7-6-8-15(20)13-14)19(24)22-11-4-2-3-5-12-22/h6-8,13,16,18H,2-5,9-12H2,1H3. The third-order valence-corrected chi connectivity index (χ3v) is 5.29. The number of amides is 2. The Kier molecular flexibility index (Phi) is 5.17. The number of piperidine rings is 1. The summed E-state index contributed by atoms with van der Waals surface area (Å²) in [4.78, 5) is 28.9. The number of carbonyl (C=O) groups excluding carboxylic acids is 2. The third-order valence-electron chi connectivity index (χ3n) is 5.29. The van der Waals surface area contributed by atoms with E-state index in [0.717, 1.165) is 25.9 Å². The molecule has 2 aliphatic heterocycles. The minimum Gasteiger partial charge on any atom is -0.342 e. The first-order chi connectivity index (χ1) is 11.6. The average molecular weight is 332 g/mol. The lowest BCUT2D eigenvalue weighted by Gasteiger charge is -2.40. The minimum absolute atomic E-state index is 0.0178. The molecule has 0 aliphatic carbocycles. The van der Waals surface area contributed by atoms with Crippen LogP contribution in [0.5, 0.6) is 0 Å². The number of benzene rings is 1. The first-order valence-corrected chi connectivity index (χ1v) is 8.88. The van der Waals surface area contributed by atoms with E-state index >= 15 is 0 Å². The van der Waals surface area contributed by atoms with Gasteiger partial charge in [-0.25, -0.2) is 4.39 Å². The number of carbonyl (C=O) groups is 2. The number of likely N-dealkylation sites (tertiary alicyclic amines) is 2. The first kappa shape index (κ1) is 16.9. The summed E-state index contributed by atoms with van der Waals surface area (Å²) in [6, 6.07) is 5.91. The fourth-order valence-electron chi connectivity index (χ4n) is 3.97. The second kappa shape index (κ2) is 7.32. The van der Waals surface area contributed by atoms with E-state index in [4.69, 9.17) is 0 Å². The van der Waals surface area contributed by atoms with E-state index in [1.54, 1.807) is 18.0 Å². The maximum Gasteiger partial charge on any atom is 0.228 e. The van der Waals surface area contributed by atoms with Crippen LogP contribution in [0.15, 0.2) is 24.3 Å². The van der Waals surface area contributed by atoms with Gasteiger partial charge in [-0.05, 0) is 37.0 Å². The highest BCUT2D eigenvalue weighted by Gasteiger charge is 2.40. The summed E-state index contributed by atoms with van der Waals surface area (Å²) in [7, 11) is 1.72. The topological polar surface area (TPSA) is 40.6 Å². The summed E-state index contributed by atoms with van der Waals surface area (Å²) in [6.45, 7) is 1.59. The lowest BCUT2D eigenvalue weighted by atomic mass is 9.83. The third kappa shape index (κ3) is 3.45. The van der Waals surface area contributed by atoms with Gasteiger partial charge in [0.25, 0.3) is 0 Å². The molecule has 2 amide bonds. The molecular weight excluding hydrogens is 307 g/mol. The van der Waals surface area contributed by atoms with Crippen molar-refractivity contribution in [1.29, 1.82) is 0 Å². The van der Waals surface area contributed by atoms with Gasteiger partial charge in [-0.2, -0.15) is 0 Å². The van der Waals surface area contributed by atoms with Crippen LogP contribution in [0.1, 0.15) is 50.1 Å². The van der Waals surface area contributed by atoms with Gasteiger partial charge in [-0.3, -0.25) is 9.59 Å². The molecular formula is C19H25FN2O2. The molecule has 24 heavy (non-hydrogen) atoms. The molecule has 2 heterocycles. The highest BCUT2D eigenvalue weighted by molar-refractivity contribution is 5.85. The molecule has 2 unspecified atom stereocenters. The van der Waals surface area contributed by atoms with Gasteiger partial charge in [0.15, 0.2) is 0 Å². The Labute approximate surface area is 142 Å². The Balaban J connectivity index is 1.88. The van der Waals surface area contributed by atoms with Crippen LogP contribution in [0.3, 0.4) is 0 Å². The number of rotatable bonds is 2. The highest BCUT2D eigenvalue weighted by Crippen LogP contribution is 2.37. The predicted octanol–water partition coefficient (Wildman–Crippen LogP) is 3.14. The molecule has 5 heteroatoms. The quantitative estimate of drug-likeness (QED) is 0.835. The molecule has 2 saturated heterocycles. The largest absolute Gasteiger partial charge is 0.342 e. The molecule has 3 rings (SSSR count). The molecule has 1 aromatic carbocycles. The van der Waals surface area contributed by atoms with Crippen molar-refractivity contribution in [2.24, 2.45) is 5.92 Å². The van der Waals surface area contributed by atoms with E-state index in [1.807, 2.05) is 11.0 Å². The Bertz CT molecular complexity index is 611. The second-order valence-corrected chi connectivity index (χ2v) is 6.89. The van der Waals surface area contributed by atoms with Crippen molar-refractivity contribution in [1.82, 2.24) is 9.80 Å². The number of hydrogen-bond acceptors (Lipinski definition) is 2. The Morgan fingerprint density at radius 3 is 2.54 bits per heavy atom. The second-order valence-electron chi connectivity index (χ2n) is 6.89. The van der Waals surface area contributed by atoms with Crippen LogP contribution in [0.25, 0.3) is 0 Å². The van der Waals surface area contributed by atoms with Crippen LogP contribution in [0.4, 0.5) is 4.39 Å². The van der Waals surface area contributed by atoms with Crippen LogP contribution in [0.2, 0.25) is 0 Å². The monoisotopic (exact) mass is 332 g/mol. The van der Waals surface area contributed by atoms with Gasteiger partial charge >= 0.3 is 0 Å². The van der Waals surface area contributed by atoms with Crippen molar-refractivity contribution in [3.63, 3.8) is 0 Å². The van der Waals surface area contributed by atoms with E-state index in [0.29, 0.717) is 18.4 Å². The number of hydrogen-bond donors (Lipinski definition) is 0. The van der Waals surface area contributed by atoms with Crippen molar-refractivity contribution < 1.29 is 14.0 Å². The van der Waals surface area contributed by atoms with E-state index in [-0.39, 0.29) is 29.6 Å². The molecule has 2 aliphatic rings. The van der Waals surface area contributed by atoms with Crippen LogP contribution in [-0.4, -0.2) is 41.8 Å². The van der Waals surface area contributed by atoms with E-state index in [1.165, 1.54) is 25.0 Å². The Morgan fingerprint density at radius 1 is 1.17 bits per heavy atom. The summed E-state index contributed by atoms with van der Waals surface area (Å²) in [5.74, 6) is -0.484. The van der Waals surface area contributed by atoms with Crippen molar-refractivity contribution in [2.45, 2.75) is 44.6 Å². The lowest BCUT2D eigenvalue weighted by Crippen LogP contribution is -2.47. The number of halogens is 1. The molecule has 0 spiro atoms. The maximum atomic E-state index is 13.7. The summed E-state index contributed by atoms with van der Waals surface area (Å²) < 4.78 is 13.7. The fourth-order valence-corrected chi connectivity index (χ4v) is 3.97. The van der Waals surface area contributed by atoms with Crippen molar-refractivity contribution in [3.8, 4) is 0 Å². The predicted molar refractivity (Wildman–Crippen MR) is 89.7 cm³/mol. The molecule has 130 valence electrons. The van der Waals surface area contributed by atoms with Crippen molar-refractivity contribution >= 4 is 11.8 Å². The van der Waals surface area contributed by atoms with E-state index in [2.05, 4.69) is 0 Å². The number of nitrogens with zero attached hydrogens (tertiary/aromatic N) is 2. The van der Waals surface area contributed by atoms with Gasteiger partial charge < -0.3 is 9.80 Å². The van der Waals surface area contributed by atoms with Crippen molar-refractivity contribution in [3.05, 3.63) is 35.6 Å². The normalized spacial score (nSPS) is 25.5. The lowest BCUT2D eigenvalue weighted by molar-refractivity contribution is -0.146. The Hall–Kier alpha value is -1.91. The zero-order chi connectivity index (χ0) is 17.1. The van der Waals surface area contributed by atoms with Gasteiger partial charge in [0.05, 0.1) is 12.0 Å². The molecule has 0 bridgehead atoms. The molecule has 2 atom stereocenters.